The summed E-state index contributed by atoms with van der Waals surface area (Å²) < 4.78 is 26.2. The molecule has 1 aromatic rings. The molecule has 0 aliphatic rings. The topological polar surface area (TPSA) is 41.1 Å². The average molecular weight is 279 g/mol. The van der Waals surface area contributed by atoms with Crippen LogP contribution in [-0.2, 0) is 0 Å². The van der Waals surface area contributed by atoms with Gasteiger partial charge in [-0.25, -0.2) is 8.78 Å². The number of hydrogen-bond acceptors (Lipinski definition) is 2. The number of carbonyl (C=O) groups excluding carboxylic acids is 1. The van der Waals surface area contributed by atoms with E-state index in [1.54, 1.807) is 0 Å². The van der Waals surface area contributed by atoms with Crippen molar-refractivity contribution in [2.75, 3.05) is 20.1 Å². The first-order valence-electron chi connectivity index (χ1n) is 5.43. The van der Waals surface area contributed by atoms with Gasteiger partial charge in [-0.1, -0.05) is 13.0 Å². The molecule has 1 amide bonds. The fraction of sp³-hybridized carbons (Fsp3) is 0.417. The Morgan fingerprint density at radius 2 is 2.00 bits per heavy atom. The Bertz CT molecular complexity index is 402. The maximum absolute atomic E-state index is 13.3. The van der Waals surface area contributed by atoms with E-state index in [4.69, 9.17) is 0 Å². The molecular weight excluding hydrogens is 262 g/mol. The summed E-state index contributed by atoms with van der Waals surface area (Å²) in [5, 5.41) is 5.53. The van der Waals surface area contributed by atoms with Crippen LogP contribution in [0, 0.1) is 17.6 Å². The molecule has 6 heteroatoms. The quantitative estimate of drug-likeness (QED) is 0.865. The van der Waals surface area contributed by atoms with Gasteiger partial charge in [0.25, 0.3) is 5.91 Å². The molecule has 3 nitrogen and oxygen atoms in total. The predicted octanol–water partition coefficient (Wildman–Crippen LogP) is 1.97. The van der Waals surface area contributed by atoms with Crippen LogP contribution >= 0.6 is 12.4 Å². The minimum absolute atomic E-state index is 0. The lowest BCUT2D eigenvalue weighted by Crippen LogP contribution is -2.32. The highest BCUT2D eigenvalue weighted by molar-refractivity contribution is 5.94. The smallest absolute Gasteiger partial charge is 0.254 e. The van der Waals surface area contributed by atoms with E-state index >= 15 is 0 Å². The number of hydrogen-bond donors (Lipinski definition) is 2. The zero-order chi connectivity index (χ0) is 12.8. The molecule has 18 heavy (non-hydrogen) atoms. The van der Waals surface area contributed by atoms with E-state index in [0.29, 0.717) is 6.54 Å². The molecule has 1 aromatic carbocycles. The minimum Gasteiger partial charge on any atom is -0.352 e. The predicted molar refractivity (Wildman–Crippen MR) is 69.0 cm³/mol. The maximum atomic E-state index is 13.3. The van der Waals surface area contributed by atoms with Crippen molar-refractivity contribution in [3.05, 3.63) is 35.4 Å². The van der Waals surface area contributed by atoms with E-state index in [2.05, 4.69) is 10.6 Å². The molecular formula is C12H17ClF2N2O. The van der Waals surface area contributed by atoms with Crippen LogP contribution < -0.4 is 10.6 Å². The van der Waals surface area contributed by atoms with Crippen molar-refractivity contribution in [1.82, 2.24) is 10.6 Å². The largest absolute Gasteiger partial charge is 0.352 e. The van der Waals surface area contributed by atoms with Crippen LogP contribution in [0.25, 0.3) is 0 Å². The van der Waals surface area contributed by atoms with E-state index < -0.39 is 17.5 Å². The molecule has 0 fully saturated rings. The summed E-state index contributed by atoms with van der Waals surface area (Å²) in [7, 11) is 1.81. The second kappa shape index (κ2) is 8.00. The Labute approximate surface area is 111 Å². The fourth-order valence-corrected chi connectivity index (χ4v) is 1.46. The van der Waals surface area contributed by atoms with Gasteiger partial charge in [0, 0.05) is 6.54 Å². The lowest BCUT2D eigenvalue weighted by atomic mass is 10.1. The van der Waals surface area contributed by atoms with Crippen LogP contribution in [0.3, 0.4) is 0 Å². The van der Waals surface area contributed by atoms with E-state index in [-0.39, 0.29) is 23.9 Å². The first-order valence-corrected chi connectivity index (χ1v) is 5.43. The van der Waals surface area contributed by atoms with Crippen LogP contribution in [-0.4, -0.2) is 26.0 Å². The zero-order valence-corrected chi connectivity index (χ0v) is 11.1. The monoisotopic (exact) mass is 278 g/mol. The van der Waals surface area contributed by atoms with Gasteiger partial charge in [0.05, 0.1) is 5.56 Å². The number of amides is 1. The summed E-state index contributed by atoms with van der Waals surface area (Å²) in [5.41, 5.74) is -0.262. The summed E-state index contributed by atoms with van der Waals surface area (Å²) in [6.45, 7) is 3.10. The highest BCUT2D eigenvalue weighted by Crippen LogP contribution is 2.11. The van der Waals surface area contributed by atoms with Crippen LogP contribution in [0.4, 0.5) is 8.78 Å². The summed E-state index contributed by atoms with van der Waals surface area (Å²) >= 11 is 0. The van der Waals surface area contributed by atoms with E-state index in [0.717, 1.165) is 12.6 Å². The third-order valence-electron chi connectivity index (χ3n) is 2.36. The molecule has 2 N–H and O–H groups in total. The van der Waals surface area contributed by atoms with Crippen molar-refractivity contribution >= 4 is 18.3 Å². The SMILES string of the molecule is CNCC(C)CNC(=O)c1cccc(F)c1F.Cl. The number of rotatable bonds is 5. The van der Waals surface area contributed by atoms with Crippen LogP contribution in [0.5, 0.6) is 0 Å². The number of benzene rings is 1. The Hall–Kier alpha value is -1.20. The zero-order valence-electron chi connectivity index (χ0n) is 10.3. The molecule has 0 spiro atoms. The second-order valence-electron chi connectivity index (χ2n) is 3.97. The first-order chi connectivity index (χ1) is 8.06. The molecule has 0 saturated carbocycles. The van der Waals surface area contributed by atoms with Crippen molar-refractivity contribution < 1.29 is 13.6 Å². The molecule has 0 aliphatic heterocycles. The van der Waals surface area contributed by atoms with Crippen molar-refractivity contribution in [3.63, 3.8) is 0 Å². The van der Waals surface area contributed by atoms with Crippen molar-refractivity contribution in [1.29, 1.82) is 0 Å². The van der Waals surface area contributed by atoms with Crippen LogP contribution in [0.15, 0.2) is 18.2 Å². The number of nitrogens with one attached hydrogen (secondary N) is 2. The molecule has 1 atom stereocenters. The van der Waals surface area contributed by atoms with Gasteiger partial charge in [0.2, 0.25) is 0 Å². The van der Waals surface area contributed by atoms with Gasteiger partial charge in [0.1, 0.15) is 0 Å². The van der Waals surface area contributed by atoms with Gasteiger partial charge < -0.3 is 10.6 Å². The average Bonchev–Trinajstić information content (AvgIpc) is 2.30. The lowest BCUT2D eigenvalue weighted by Gasteiger charge is -2.12. The van der Waals surface area contributed by atoms with Gasteiger partial charge in [-0.3, -0.25) is 4.79 Å². The van der Waals surface area contributed by atoms with E-state index in [1.807, 2.05) is 14.0 Å². The molecule has 0 aliphatic carbocycles. The van der Waals surface area contributed by atoms with Gasteiger partial charge >= 0.3 is 0 Å². The number of halogens is 3. The summed E-state index contributed by atoms with van der Waals surface area (Å²) in [6, 6.07) is 3.55. The normalized spacial score (nSPS) is 11.6. The standard InChI is InChI=1S/C12H16F2N2O.ClH/c1-8(6-15-2)7-16-12(17)9-4-3-5-10(13)11(9)14;/h3-5,8,15H,6-7H2,1-2H3,(H,16,17);1H. The highest BCUT2D eigenvalue weighted by atomic mass is 35.5. The molecule has 0 heterocycles. The molecule has 1 unspecified atom stereocenters. The van der Waals surface area contributed by atoms with Gasteiger partial charge in [0.15, 0.2) is 11.6 Å². The molecule has 1 rings (SSSR count). The van der Waals surface area contributed by atoms with Gasteiger partial charge in [-0.2, -0.15) is 0 Å². The Kier molecular flexibility index (Phi) is 7.47. The third-order valence-corrected chi connectivity index (χ3v) is 2.36. The summed E-state index contributed by atoms with van der Waals surface area (Å²) in [4.78, 5) is 11.6. The van der Waals surface area contributed by atoms with Gasteiger partial charge in [-0.05, 0) is 31.6 Å². The minimum atomic E-state index is -1.11. The van der Waals surface area contributed by atoms with E-state index in [1.165, 1.54) is 12.1 Å². The molecule has 0 saturated heterocycles. The van der Waals surface area contributed by atoms with Gasteiger partial charge in [-0.15, -0.1) is 12.4 Å². The van der Waals surface area contributed by atoms with Crippen molar-refractivity contribution in [2.24, 2.45) is 5.92 Å². The molecule has 0 radical (unpaired) electrons. The fourth-order valence-electron chi connectivity index (χ4n) is 1.46. The Morgan fingerprint density at radius 1 is 1.33 bits per heavy atom. The molecule has 102 valence electrons. The highest BCUT2D eigenvalue weighted by Gasteiger charge is 2.15. The third kappa shape index (κ3) is 4.58. The van der Waals surface area contributed by atoms with Crippen LogP contribution in [0.2, 0.25) is 0 Å². The maximum Gasteiger partial charge on any atom is 0.254 e. The molecule has 0 bridgehead atoms. The second-order valence-corrected chi connectivity index (χ2v) is 3.97. The first kappa shape index (κ1) is 16.8. The van der Waals surface area contributed by atoms with Crippen LogP contribution in [0.1, 0.15) is 17.3 Å². The Morgan fingerprint density at radius 3 is 2.61 bits per heavy atom. The Balaban J connectivity index is 0.00000289. The van der Waals surface area contributed by atoms with E-state index in [9.17, 15) is 13.6 Å². The van der Waals surface area contributed by atoms with Crippen molar-refractivity contribution in [3.8, 4) is 0 Å². The lowest BCUT2D eigenvalue weighted by molar-refractivity contribution is 0.0943. The van der Waals surface area contributed by atoms with Crippen molar-refractivity contribution in [2.45, 2.75) is 6.92 Å². The summed E-state index contributed by atoms with van der Waals surface area (Å²) in [6.07, 6.45) is 0. The number of carbonyl (C=O) groups is 1. The molecule has 0 aromatic heterocycles. The summed E-state index contributed by atoms with van der Waals surface area (Å²) in [5.74, 6) is -2.49.